The van der Waals surface area contributed by atoms with Crippen LogP contribution in [0.15, 0.2) is 54.6 Å². The number of aryl methyl sites for hydroxylation is 1. The summed E-state index contributed by atoms with van der Waals surface area (Å²) < 4.78 is 6.77. The van der Waals surface area contributed by atoms with Gasteiger partial charge in [0.25, 0.3) is 0 Å². The van der Waals surface area contributed by atoms with Gasteiger partial charge in [-0.25, -0.2) is 4.79 Å². The largest absolute Gasteiger partial charge is 0.465 e. The Balaban J connectivity index is 1.94. The van der Waals surface area contributed by atoms with Crippen LogP contribution in [0.5, 0.6) is 0 Å². The average molecular weight is 317 g/mol. The quantitative estimate of drug-likeness (QED) is 0.530. The van der Waals surface area contributed by atoms with E-state index in [1.807, 2.05) is 34.7 Å². The number of pyridine rings is 1. The van der Waals surface area contributed by atoms with E-state index in [1.54, 1.807) is 12.1 Å². The van der Waals surface area contributed by atoms with E-state index in [-0.39, 0.29) is 5.97 Å². The number of aromatic nitrogens is 3. The van der Waals surface area contributed by atoms with Crippen LogP contribution in [0.25, 0.3) is 27.9 Å². The molecule has 4 rings (SSSR count). The van der Waals surface area contributed by atoms with Gasteiger partial charge >= 0.3 is 5.97 Å². The molecule has 0 bridgehead atoms. The van der Waals surface area contributed by atoms with Gasteiger partial charge in [-0.2, -0.15) is 0 Å². The summed E-state index contributed by atoms with van der Waals surface area (Å²) in [5, 5.41) is 9.81. The summed E-state index contributed by atoms with van der Waals surface area (Å²) in [5.41, 5.74) is 4.43. The van der Waals surface area contributed by atoms with Crippen molar-refractivity contribution in [3.8, 4) is 11.4 Å². The fraction of sp³-hybridized carbons (Fsp3) is 0.105. The van der Waals surface area contributed by atoms with Gasteiger partial charge in [-0.05, 0) is 36.8 Å². The Hall–Kier alpha value is -3.21. The zero-order valence-corrected chi connectivity index (χ0v) is 13.4. The predicted molar refractivity (Wildman–Crippen MR) is 92.0 cm³/mol. The molecule has 0 saturated carbocycles. The highest BCUT2D eigenvalue weighted by Crippen LogP contribution is 2.26. The summed E-state index contributed by atoms with van der Waals surface area (Å²) in [6.07, 6.45) is 0. The summed E-state index contributed by atoms with van der Waals surface area (Å²) in [4.78, 5) is 11.6. The minimum absolute atomic E-state index is 0.353. The molecule has 118 valence electrons. The number of hydrogen-bond acceptors (Lipinski definition) is 4. The van der Waals surface area contributed by atoms with Gasteiger partial charge in [-0.3, -0.25) is 4.40 Å². The standard InChI is InChI=1S/C19H15N3O2/c1-12-11-17-20-21-18(22(17)16-6-4-3-5-15(12)16)13-7-9-14(10-8-13)19(23)24-2/h3-11H,1-2H3. The van der Waals surface area contributed by atoms with Crippen LogP contribution in [-0.4, -0.2) is 27.7 Å². The topological polar surface area (TPSA) is 56.5 Å². The number of ether oxygens (including phenoxy) is 1. The van der Waals surface area contributed by atoms with Crippen LogP contribution in [0.2, 0.25) is 0 Å². The lowest BCUT2D eigenvalue weighted by molar-refractivity contribution is 0.0601. The van der Waals surface area contributed by atoms with E-state index in [1.165, 1.54) is 7.11 Å². The van der Waals surface area contributed by atoms with Gasteiger partial charge in [0, 0.05) is 10.9 Å². The number of nitrogens with zero attached hydrogens (tertiary/aromatic N) is 3. The first kappa shape index (κ1) is 14.4. The number of para-hydroxylation sites is 1. The van der Waals surface area contributed by atoms with E-state index in [4.69, 9.17) is 4.74 Å². The van der Waals surface area contributed by atoms with Gasteiger partial charge in [0.1, 0.15) is 0 Å². The number of carbonyl (C=O) groups is 1. The van der Waals surface area contributed by atoms with Gasteiger partial charge in [-0.15, -0.1) is 10.2 Å². The first-order valence-corrected chi connectivity index (χ1v) is 7.61. The molecule has 0 unspecified atom stereocenters. The summed E-state index contributed by atoms with van der Waals surface area (Å²) >= 11 is 0. The molecular weight excluding hydrogens is 302 g/mol. The zero-order chi connectivity index (χ0) is 16.7. The molecule has 0 N–H and O–H groups in total. The van der Waals surface area contributed by atoms with Crippen LogP contribution in [0, 0.1) is 6.92 Å². The van der Waals surface area contributed by atoms with Crippen molar-refractivity contribution in [2.24, 2.45) is 0 Å². The minimum atomic E-state index is -0.353. The average Bonchev–Trinajstić information content (AvgIpc) is 3.05. The molecule has 0 amide bonds. The van der Waals surface area contributed by atoms with Crippen molar-refractivity contribution < 1.29 is 9.53 Å². The van der Waals surface area contributed by atoms with Crippen LogP contribution in [0.3, 0.4) is 0 Å². The molecule has 0 aliphatic carbocycles. The van der Waals surface area contributed by atoms with Crippen molar-refractivity contribution >= 4 is 22.5 Å². The SMILES string of the molecule is COC(=O)c1ccc(-c2nnc3cc(C)c4ccccc4n23)cc1. The summed E-state index contributed by atoms with van der Waals surface area (Å²) in [7, 11) is 1.37. The summed E-state index contributed by atoms with van der Waals surface area (Å²) in [5.74, 6) is 0.395. The molecule has 2 aromatic carbocycles. The molecule has 0 aliphatic rings. The van der Waals surface area contributed by atoms with Gasteiger partial charge in [0.2, 0.25) is 0 Å². The summed E-state index contributed by atoms with van der Waals surface area (Å²) in [6.45, 7) is 2.07. The van der Waals surface area contributed by atoms with Crippen molar-refractivity contribution in [3.63, 3.8) is 0 Å². The molecule has 24 heavy (non-hydrogen) atoms. The molecule has 0 radical (unpaired) electrons. The molecular formula is C19H15N3O2. The maximum atomic E-state index is 11.6. The Kier molecular flexibility index (Phi) is 3.27. The van der Waals surface area contributed by atoms with Crippen LogP contribution in [0.1, 0.15) is 15.9 Å². The molecule has 2 aromatic heterocycles. The fourth-order valence-corrected chi connectivity index (χ4v) is 2.96. The molecule has 5 nitrogen and oxygen atoms in total. The van der Waals surface area contributed by atoms with Gasteiger partial charge in [-0.1, -0.05) is 30.3 Å². The van der Waals surface area contributed by atoms with Crippen molar-refractivity contribution in [1.82, 2.24) is 14.6 Å². The molecule has 0 spiro atoms. The highest BCUT2D eigenvalue weighted by atomic mass is 16.5. The fourth-order valence-electron chi connectivity index (χ4n) is 2.96. The Labute approximate surface area is 138 Å². The maximum absolute atomic E-state index is 11.6. The van der Waals surface area contributed by atoms with Gasteiger partial charge < -0.3 is 4.74 Å². The molecule has 0 aliphatic heterocycles. The first-order chi connectivity index (χ1) is 11.7. The van der Waals surface area contributed by atoms with E-state index >= 15 is 0 Å². The number of carbonyl (C=O) groups excluding carboxylic acids is 1. The summed E-state index contributed by atoms with van der Waals surface area (Å²) in [6, 6.07) is 17.4. The predicted octanol–water partition coefficient (Wildman–Crippen LogP) is 3.64. The molecule has 4 aromatic rings. The first-order valence-electron chi connectivity index (χ1n) is 7.61. The van der Waals surface area contributed by atoms with Crippen LogP contribution < -0.4 is 0 Å². The lowest BCUT2D eigenvalue weighted by Crippen LogP contribution is -2.00. The number of benzene rings is 2. The number of hydrogen-bond donors (Lipinski definition) is 0. The van der Waals surface area contributed by atoms with Gasteiger partial charge in [0.05, 0.1) is 18.2 Å². The maximum Gasteiger partial charge on any atom is 0.337 e. The Morgan fingerprint density at radius 1 is 1.04 bits per heavy atom. The van der Waals surface area contributed by atoms with E-state index < -0.39 is 0 Å². The lowest BCUT2D eigenvalue weighted by atomic mass is 10.1. The zero-order valence-electron chi connectivity index (χ0n) is 13.4. The number of rotatable bonds is 2. The van der Waals surface area contributed by atoms with Crippen LogP contribution >= 0.6 is 0 Å². The number of fused-ring (bicyclic) bond motifs is 3. The molecule has 0 atom stereocenters. The van der Waals surface area contributed by atoms with Crippen LogP contribution in [0.4, 0.5) is 0 Å². The number of methoxy groups -OCH3 is 1. The van der Waals surface area contributed by atoms with E-state index in [2.05, 4.69) is 29.3 Å². The van der Waals surface area contributed by atoms with E-state index in [9.17, 15) is 4.79 Å². The second-order valence-electron chi connectivity index (χ2n) is 5.63. The van der Waals surface area contributed by atoms with Crippen molar-refractivity contribution in [2.45, 2.75) is 6.92 Å². The van der Waals surface area contributed by atoms with Crippen molar-refractivity contribution in [1.29, 1.82) is 0 Å². The monoisotopic (exact) mass is 317 g/mol. The molecule has 2 heterocycles. The Morgan fingerprint density at radius 3 is 2.54 bits per heavy atom. The highest BCUT2D eigenvalue weighted by Gasteiger charge is 2.13. The Bertz CT molecular complexity index is 1070. The van der Waals surface area contributed by atoms with Crippen LogP contribution in [-0.2, 0) is 4.74 Å². The minimum Gasteiger partial charge on any atom is -0.465 e. The molecule has 0 saturated heterocycles. The third kappa shape index (κ3) is 2.13. The highest BCUT2D eigenvalue weighted by molar-refractivity contribution is 5.90. The normalized spacial score (nSPS) is 11.1. The molecule has 0 fully saturated rings. The Morgan fingerprint density at radius 2 is 1.79 bits per heavy atom. The lowest BCUT2D eigenvalue weighted by Gasteiger charge is -2.08. The second-order valence-corrected chi connectivity index (χ2v) is 5.63. The third-order valence-electron chi connectivity index (χ3n) is 4.17. The molecule has 5 heteroatoms. The van der Waals surface area contributed by atoms with E-state index in [0.29, 0.717) is 5.56 Å². The van der Waals surface area contributed by atoms with Gasteiger partial charge in [0.15, 0.2) is 11.5 Å². The number of esters is 1. The van der Waals surface area contributed by atoms with Crippen molar-refractivity contribution in [3.05, 3.63) is 65.7 Å². The van der Waals surface area contributed by atoms with E-state index in [0.717, 1.165) is 33.5 Å². The second kappa shape index (κ2) is 5.45. The smallest absolute Gasteiger partial charge is 0.337 e. The van der Waals surface area contributed by atoms with Crippen molar-refractivity contribution in [2.75, 3.05) is 7.11 Å². The third-order valence-corrected chi connectivity index (χ3v) is 4.17.